The van der Waals surface area contributed by atoms with E-state index in [1.54, 1.807) is 0 Å². The molecule has 0 spiro atoms. The molecule has 2 heterocycles. The van der Waals surface area contributed by atoms with Gasteiger partial charge >= 0.3 is 0 Å². The summed E-state index contributed by atoms with van der Waals surface area (Å²) >= 11 is 1.50. The largest absolute Gasteiger partial charge is 0.337 e. The van der Waals surface area contributed by atoms with Crippen LogP contribution in [0.5, 0.6) is 0 Å². The molecule has 0 aliphatic carbocycles. The molecule has 0 radical (unpaired) electrons. The molecule has 1 aromatic rings. The SMILES string of the molecule is CCC#CCN1CCCN(C(=O)c2sc(C)nc2C)CC1. The lowest BCUT2D eigenvalue weighted by atomic mass is 10.3. The van der Waals surface area contributed by atoms with Gasteiger partial charge in [-0.05, 0) is 20.3 Å². The van der Waals surface area contributed by atoms with E-state index in [0.717, 1.165) is 61.1 Å². The van der Waals surface area contributed by atoms with Crippen molar-refractivity contribution in [2.75, 3.05) is 32.7 Å². The summed E-state index contributed by atoms with van der Waals surface area (Å²) in [6.45, 7) is 10.3. The monoisotopic (exact) mass is 305 g/mol. The van der Waals surface area contributed by atoms with Gasteiger partial charge in [-0.25, -0.2) is 4.98 Å². The van der Waals surface area contributed by atoms with Crippen LogP contribution in [-0.2, 0) is 0 Å². The third-order valence-electron chi connectivity index (χ3n) is 3.58. The van der Waals surface area contributed by atoms with Crippen molar-refractivity contribution >= 4 is 17.2 Å². The topological polar surface area (TPSA) is 36.4 Å². The molecule has 1 saturated heterocycles. The maximum Gasteiger partial charge on any atom is 0.265 e. The molecule has 1 aliphatic heterocycles. The molecular formula is C16H23N3OS. The molecule has 0 aromatic carbocycles. The van der Waals surface area contributed by atoms with Gasteiger partial charge in [-0.1, -0.05) is 12.8 Å². The van der Waals surface area contributed by atoms with E-state index in [1.165, 1.54) is 11.3 Å². The first-order valence-corrected chi connectivity index (χ1v) is 8.35. The van der Waals surface area contributed by atoms with Crippen molar-refractivity contribution in [3.8, 4) is 11.8 Å². The summed E-state index contributed by atoms with van der Waals surface area (Å²) < 4.78 is 0. The molecule has 1 aliphatic rings. The zero-order chi connectivity index (χ0) is 15.2. The smallest absolute Gasteiger partial charge is 0.265 e. The van der Waals surface area contributed by atoms with Gasteiger partial charge in [0.1, 0.15) is 4.88 Å². The lowest BCUT2D eigenvalue weighted by Crippen LogP contribution is -2.35. The average molecular weight is 305 g/mol. The molecule has 21 heavy (non-hydrogen) atoms. The van der Waals surface area contributed by atoms with Gasteiger partial charge in [-0.15, -0.1) is 17.3 Å². The highest BCUT2D eigenvalue weighted by Gasteiger charge is 2.23. The fraction of sp³-hybridized carbons (Fsp3) is 0.625. The van der Waals surface area contributed by atoms with E-state index >= 15 is 0 Å². The molecule has 0 bridgehead atoms. The number of aryl methyl sites for hydroxylation is 2. The Morgan fingerprint density at radius 2 is 2.05 bits per heavy atom. The Kier molecular flexibility index (Phi) is 5.77. The van der Waals surface area contributed by atoms with E-state index in [9.17, 15) is 4.79 Å². The number of hydrogen-bond donors (Lipinski definition) is 0. The number of nitrogens with zero attached hydrogens (tertiary/aromatic N) is 3. The second kappa shape index (κ2) is 7.58. The number of rotatable bonds is 2. The maximum absolute atomic E-state index is 12.6. The standard InChI is InChI=1S/C16H23N3OS/c1-4-5-6-8-18-9-7-10-19(12-11-18)16(20)15-13(2)17-14(3)21-15/h4,7-12H2,1-3H3. The van der Waals surface area contributed by atoms with Crippen LogP contribution < -0.4 is 0 Å². The highest BCUT2D eigenvalue weighted by atomic mass is 32.1. The van der Waals surface area contributed by atoms with Crippen molar-refractivity contribution in [3.63, 3.8) is 0 Å². The highest BCUT2D eigenvalue weighted by Crippen LogP contribution is 2.20. The summed E-state index contributed by atoms with van der Waals surface area (Å²) in [6.07, 6.45) is 1.92. The van der Waals surface area contributed by atoms with Gasteiger partial charge in [-0.2, -0.15) is 0 Å². The molecule has 1 fully saturated rings. The van der Waals surface area contributed by atoms with Crippen LogP contribution in [0, 0.1) is 25.7 Å². The Hall–Kier alpha value is -1.38. The fourth-order valence-electron chi connectivity index (χ4n) is 2.50. The first-order chi connectivity index (χ1) is 10.1. The second-order valence-corrected chi connectivity index (χ2v) is 6.48. The van der Waals surface area contributed by atoms with E-state index in [1.807, 2.05) is 18.7 Å². The van der Waals surface area contributed by atoms with E-state index in [4.69, 9.17) is 0 Å². The lowest BCUT2D eigenvalue weighted by Gasteiger charge is -2.20. The van der Waals surface area contributed by atoms with Gasteiger partial charge in [0.05, 0.1) is 17.2 Å². The fourth-order valence-corrected chi connectivity index (χ4v) is 3.39. The number of carbonyl (C=O) groups is 1. The van der Waals surface area contributed by atoms with Crippen LogP contribution in [0.15, 0.2) is 0 Å². The Balaban J connectivity index is 1.96. The molecule has 0 atom stereocenters. The van der Waals surface area contributed by atoms with Crippen LogP contribution in [0.2, 0.25) is 0 Å². The van der Waals surface area contributed by atoms with Crippen LogP contribution in [0.1, 0.15) is 40.1 Å². The highest BCUT2D eigenvalue weighted by molar-refractivity contribution is 7.13. The predicted molar refractivity (Wildman–Crippen MR) is 86.6 cm³/mol. The minimum Gasteiger partial charge on any atom is -0.337 e. The molecule has 114 valence electrons. The molecule has 2 rings (SSSR count). The van der Waals surface area contributed by atoms with Gasteiger partial charge in [-0.3, -0.25) is 9.69 Å². The molecule has 0 N–H and O–H groups in total. The molecule has 0 unspecified atom stereocenters. The van der Waals surface area contributed by atoms with Crippen LogP contribution in [0.4, 0.5) is 0 Å². The minimum absolute atomic E-state index is 0.139. The van der Waals surface area contributed by atoms with Crippen LogP contribution in [0.3, 0.4) is 0 Å². The van der Waals surface area contributed by atoms with Gasteiger partial charge in [0, 0.05) is 32.6 Å². The van der Waals surface area contributed by atoms with Crippen LogP contribution in [-0.4, -0.2) is 53.4 Å². The summed E-state index contributed by atoms with van der Waals surface area (Å²) in [7, 11) is 0. The number of thiazole rings is 1. The van der Waals surface area contributed by atoms with Crippen LogP contribution in [0.25, 0.3) is 0 Å². The number of carbonyl (C=O) groups excluding carboxylic acids is 1. The van der Waals surface area contributed by atoms with Crippen LogP contribution >= 0.6 is 11.3 Å². The van der Waals surface area contributed by atoms with Crippen molar-refractivity contribution in [2.24, 2.45) is 0 Å². The van der Waals surface area contributed by atoms with Crippen molar-refractivity contribution in [2.45, 2.75) is 33.6 Å². The maximum atomic E-state index is 12.6. The Morgan fingerprint density at radius 1 is 1.24 bits per heavy atom. The number of aromatic nitrogens is 1. The molecule has 1 aromatic heterocycles. The summed E-state index contributed by atoms with van der Waals surface area (Å²) in [4.78, 5) is 22.1. The second-order valence-electron chi connectivity index (χ2n) is 5.28. The van der Waals surface area contributed by atoms with Gasteiger partial charge in [0.2, 0.25) is 0 Å². The minimum atomic E-state index is 0.139. The Labute approximate surface area is 131 Å². The summed E-state index contributed by atoms with van der Waals surface area (Å²) in [6, 6.07) is 0. The van der Waals surface area contributed by atoms with Crippen molar-refractivity contribution < 1.29 is 4.79 Å². The summed E-state index contributed by atoms with van der Waals surface area (Å²) in [5.41, 5.74) is 0.859. The van der Waals surface area contributed by atoms with Crippen molar-refractivity contribution in [1.29, 1.82) is 0 Å². The van der Waals surface area contributed by atoms with Gasteiger partial charge in [0.15, 0.2) is 0 Å². The predicted octanol–water partition coefficient (Wildman–Crippen LogP) is 2.32. The lowest BCUT2D eigenvalue weighted by molar-refractivity contribution is 0.0766. The zero-order valence-electron chi connectivity index (χ0n) is 13.1. The van der Waals surface area contributed by atoms with E-state index < -0.39 is 0 Å². The molecule has 4 nitrogen and oxygen atoms in total. The summed E-state index contributed by atoms with van der Waals surface area (Å²) in [5, 5.41) is 0.960. The van der Waals surface area contributed by atoms with E-state index in [2.05, 4.69) is 28.6 Å². The molecule has 5 heteroatoms. The normalized spacial score (nSPS) is 16.2. The average Bonchev–Trinajstić information content (AvgIpc) is 2.65. The molecular weight excluding hydrogens is 282 g/mol. The third kappa shape index (κ3) is 4.29. The Morgan fingerprint density at radius 3 is 2.71 bits per heavy atom. The quantitative estimate of drug-likeness (QED) is 0.787. The third-order valence-corrected chi connectivity index (χ3v) is 4.64. The summed E-state index contributed by atoms with van der Waals surface area (Å²) in [5.74, 6) is 6.43. The van der Waals surface area contributed by atoms with E-state index in [-0.39, 0.29) is 5.91 Å². The van der Waals surface area contributed by atoms with E-state index in [0.29, 0.717) is 0 Å². The number of amides is 1. The Bertz CT molecular complexity index is 556. The molecule has 1 amide bonds. The zero-order valence-corrected chi connectivity index (χ0v) is 13.9. The first kappa shape index (κ1) is 16.0. The van der Waals surface area contributed by atoms with Crippen molar-refractivity contribution in [1.82, 2.24) is 14.8 Å². The number of hydrogen-bond acceptors (Lipinski definition) is 4. The van der Waals surface area contributed by atoms with Crippen molar-refractivity contribution in [3.05, 3.63) is 15.6 Å². The first-order valence-electron chi connectivity index (χ1n) is 7.53. The molecule has 0 saturated carbocycles. The van der Waals surface area contributed by atoms with Gasteiger partial charge in [0.25, 0.3) is 5.91 Å². The van der Waals surface area contributed by atoms with Gasteiger partial charge < -0.3 is 4.90 Å².